The number of pyridine rings is 2. The van der Waals surface area contributed by atoms with Crippen molar-refractivity contribution in [3.63, 3.8) is 0 Å². The number of hydrogen-bond donors (Lipinski definition) is 0. The van der Waals surface area contributed by atoms with Crippen LogP contribution in [0.25, 0.3) is 111 Å². The molecule has 13 aromatic rings. The number of aromatic nitrogens is 4. The standard InChI is InChI=1S/C47H28N3O.C11H7FN.Ir/c1-3-12-30(13-4-1)31-22-24-36-37-18-11-19-38(47(37)51-46(36)26-31)41-28-45-40(29-48-41)35-17-8-10-21-43(35)50(45)33-23-25-44-39(27-33)34-16-7-9-20-42(34)49(44)32-14-5-2-6-15-32;12-10-6-4-9(5-7-10)11-3-1-2-8-13-11;/h1-18,20-29H;1-4,6-8H;/q2*-1;. The number of halogens is 1. The Balaban J connectivity index is 0.000000289. The van der Waals surface area contributed by atoms with Crippen LogP contribution in [0.15, 0.2) is 217 Å². The van der Waals surface area contributed by atoms with Gasteiger partial charge in [0.25, 0.3) is 0 Å². The second kappa shape index (κ2) is 16.6. The molecule has 5 nitrogen and oxygen atoms in total. The molecule has 311 valence electrons. The Morgan fingerprint density at radius 1 is 0.462 bits per heavy atom. The van der Waals surface area contributed by atoms with Gasteiger partial charge in [0.1, 0.15) is 5.58 Å². The summed E-state index contributed by atoms with van der Waals surface area (Å²) in [4.78, 5) is 9.16. The molecular weight excluding hydrogens is 980 g/mol. The molecule has 0 aliphatic heterocycles. The molecule has 0 bridgehead atoms. The monoisotopic (exact) mass is 1020 g/mol. The third-order valence-electron chi connectivity index (χ3n) is 12.0. The van der Waals surface area contributed by atoms with Crippen LogP contribution in [0.4, 0.5) is 4.39 Å². The molecule has 0 spiro atoms. The smallest absolute Gasteiger partial charge is 0.121 e. The van der Waals surface area contributed by atoms with Crippen LogP contribution in [0.1, 0.15) is 0 Å². The van der Waals surface area contributed by atoms with E-state index >= 15 is 0 Å². The van der Waals surface area contributed by atoms with E-state index in [9.17, 15) is 4.39 Å². The number of rotatable bonds is 5. The maximum atomic E-state index is 12.6. The minimum absolute atomic E-state index is 0. The first kappa shape index (κ1) is 39.9. The summed E-state index contributed by atoms with van der Waals surface area (Å²) in [5.74, 6) is -0.278. The molecule has 5 heterocycles. The van der Waals surface area contributed by atoms with Crippen LogP contribution in [-0.4, -0.2) is 19.1 Å². The molecule has 0 saturated carbocycles. The van der Waals surface area contributed by atoms with Gasteiger partial charge in [-0.25, -0.2) is 0 Å². The van der Waals surface area contributed by atoms with Gasteiger partial charge >= 0.3 is 0 Å². The molecule has 0 aliphatic carbocycles. The summed E-state index contributed by atoms with van der Waals surface area (Å²) in [7, 11) is 0. The van der Waals surface area contributed by atoms with Crippen molar-refractivity contribution in [1.29, 1.82) is 0 Å². The summed E-state index contributed by atoms with van der Waals surface area (Å²) in [6.07, 6.45) is 3.71. The molecule has 0 unspecified atom stereocenters. The number of nitrogens with zero attached hydrogens (tertiary/aromatic N) is 4. The zero-order valence-electron chi connectivity index (χ0n) is 34.6. The van der Waals surface area contributed by atoms with Crippen LogP contribution in [0.3, 0.4) is 0 Å². The van der Waals surface area contributed by atoms with E-state index in [4.69, 9.17) is 9.40 Å². The normalized spacial score (nSPS) is 11.3. The van der Waals surface area contributed by atoms with Crippen LogP contribution in [0.5, 0.6) is 0 Å². The average Bonchev–Trinajstić information content (AvgIpc) is 4.02. The quantitative estimate of drug-likeness (QED) is 0.161. The van der Waals surface area contributed by atoms with Gasteiger partial charge < -0.3 is 23.5 Å². The maximum Gasteiger partial charge on any atom is 0.121 e. The third kappa shape index (κ3) is 6.99. The van der Waals surface area contributed by atoms with Crippen molar-refractivity contribution >= 4 is 65.6 Å². The number of fused-ring (bicyclic) bond motifs is 9. The van der Waals surface area contributed by atoms with E-state index in [1.54, 1.807) is 12.3 Å². The van der Waals surface area contributed by atoms with Crippen molar-refractivity contribution in [2.45, 2.75) is 0 Å². The van der Waals surface area contributed by atoms with E-state index in [0.717, 1.165) is 88.8 Å². The molecule has 0 aliphatic rings. The Hall–Kier alpha value is -7.96. The van der Waals surface area contributed by atoms with E-state index < -0.39 is 0 Å². The van der Waals surface area contributed by atoms with E-state index in [0.29, 0.717) is 0 Å². The largest absolute Gasteiger partial charge is 0.501 e. The molecule has 65 heavy (non-hydrogen) atoms. The topological polar surface area (TPSA) is 48.8 Å². The number of furan rings is 1. The van der Waals surface area contributed by atoms with Crippen LogP contribution in [0, 0.1) is 17.9 Å². The number of benzene rings is 8. The molecule has 0 atom stereocenters. The maximum absolute atomic E-state index is 12.6. The van der Waals surface area contributed by atoms with Crippen molar-refractivity contribution in [3.05, 3.63) is 231 Å². The first-order valence-electron chi connectivity index (χ1n) is 21.2. The van der Waals surface area contributed by atoms with Crippen molar-refractivity contribution in [3.8, 4) is 45.0 Å². The zero-order chi connectivity index (χ0) is 42.6. The van der Waals surface area contributed by atoms with E-state index in [2.05, 4.69) is 178 Å². The Labute approximate surface area is 387 Å². The summed E-state index contributed by atoms with van der Waals surface area (Å²) in [5, 5.41) is 6.84. The van der Waals surface area contributed by atoms with Gasteiger partial charge in [0.15, 0.2) is 0 Å². The van der Waals surface area contributed by atoms with Gasteiger partial charge in [-0.1, -0.05) is 126 Å². The Kier molecular flexibility index (Phi) is 10.2. The molecule has 0 N–H and O–H groups in total. The van der Waals surface area contributed by atoms with Gasteiger partial charge in [0.05, 0.1) is 22.1 Å². The Bertz CT molecular complexity index is 3840. The Morgan fingerprint density at radius 3 is 1.92 bits per heavy atom. The summed E-state index contributed by atoms with van der Waals surface area (Å²) in [5.41, 5.74) is 14.1. The molecule has 1 radical (unpaired) electrons. The molecule has 5 aromatic heterocycles. The number of para-hydroxylation sites is 3. The summed E-state index contributed by atoms with van der Waals surface area (Å²) < 4.78 is 23.9. The predicted octanol–water partition coefficient (Wildman–Crippen LogP) is 15.0. The number of hydrogen-bond acceptors (Lipinski definition) is 3. The van der Waals surface area contributed by atoms with Gasteiger partial charge in [0, 0.05) is 82.1 Å². The minimum atomic E-state index is -0.278. The van der Waals surface area contributed by atoms with E-state index in [1.165, 1.54) is 33.9 Å². The predicted molar refractivity (Wildman–Crippen MR) is 258 cm³/mol. The molecule has 0 amide bonds. The van der Waals surface area contributed by atoms with Crippen molar-refractivity contribution in [2.75, 3.05) is 0 Å². The first-order valence-corrected chi connectivity index (χ1v) is 21.2. The van der Waals surface area contributed by atoms with Crippen LogP contribution >= 0.6 is 0 Å². The van der Waals surface area contributed by atoms with E-state index in [1.807, 2.05) is 36.5 Å². The molecule has 8 aromatic carbocycles. The molecule has 13 rings (SSSR count). The van der Waals surface area contributed by atoms with Gasteiger partial charge in [0.2, 0.25) is 0 Å². The van der Waals surface area contributed by atoms with Crippen LogP contribution in [0.2, 0.25) is 0 Å². The molecule has 0 saturated heterocycles. The fourth-order valence-electron chi connectivity index (χ4n) is 9.06. The minimum Gasteiger partial charge on any atom is -0.501 e. The molecular formula is C58H35FIrN4O-2. The van der Waals surface area contributed by atoms with Crippen molar-refractivity contribution < 1.29 is 28.9 Å². The fraction of sp³-hybridized carbons (Fsp3) is 0. The summed E-state index contributed by atoms with van der Waals surface area (Å²) >= 11 is 0. The fourth-order valence-corrected chi connectivity index (χ4v) is 9.06. The summed E-state index contributed by atoms with van der Waals surface area (Å²) in [6.45, 7) is 0. The second-order valence-corrected chi connectivity index (χ2v) is 15.7. The Morgan fingerprint density at radius 2 is 1.17 bits per heavy atom. The van der Waals surface area contributed by atoms with Crippen molar-refractivity contribution in [2.24, 2.45) is 0 Å². The zero-order valence-corrected chi connectivity index (χ0v) is 37.0. The van der Waals surface area contributed by atoms with Gasteiger partial charge in [-0.05, 0) is 77.1 Å². The van der Waals surface area contributed by atoms with Crippen molar-refractivity contribution in [1.82, 2.24) is 19.1 Å². The SMILES string of the molecule is Fc1c[c-]c(-c2ccccn2)cc1.[Ir].[c-]1ccc2c(oc3cc(-c4ccccc4)ccc32)c1-c1cc2c(cn1)c1ccccc1n2-c1ccc2c(c1)c1ccccc1n2-c1ccccc1. The first-order chi connectivity index (χ1) is 31.7. The second-order valence-electron chi connectivity index (χ2n) is 15.7. The van der Waals surface area contributed by atoms with E-state index in [-0.39, 0.29) is 25.9 Å². The van der Waals surface area contributed by atoms with Gasteiger partial charge in [-0.2, -0.15) is 0 Å². The van der Waals surface area contributed by atoms with Gasteiger partial charge in [-0.3, -0.25) is 4.39 Å². The van der Waals surface area contributed by atoms with Crippen LogP contribution < -0.4 is 0 Å². The average molecular weight is 1020 g/mol. The molecule has 7 heteroatoms. The van der Waals surface area contributed by atoms with Gasteiger partial charge in [-0.15, -0.1) is 48.0 Å². The summed E-state index contributed by atoms with van der Waals surface area (Å²) in [6, 6.07) is 74.1. The molecule has 0 fully saturated rings. The third-order valence-corrected chi connectivity index (χ3v) is 12.0. The van der Waals surface area contributed by atoms with Crippen LogP contribution in [-0.2, 0) is 20.1 Å².